The topological polar surface area (TPSA) is 239 Å². The first kappa shape index (κ1) is 42.6. The van der Waals surface area contributed by atoms with E-state index < -0.39 is 29.4 Å². The number of hydrogen-bond donors (Lipinski definition) is 7. The highest BCUT2D eigenvalue weighted by atomic mass is 16.4. The van der Waals surface area contributed by atoms with Crippen molar-refractivity contribution in [2.75, 3.05) is 17.6 Å². The third-order valence-corrected chi connectivity index (χ3v) is 8.41. The van der Waals surface area contributed by atoms with Gasteiger partial charge in [-0.3, -0.25) is 19.4 Å². The van der Waals surface area contributed by atoms with Crippen LogP contribution in [0.4, 0.5) is 11.6 Å². The first-order valence-corrected chi connectivity index (χ1v) is 18.5. The van der Waals surface area contributed by atoms with Gasteiger partial charge in [0.25, 0.3) is 11.5 Å². The number of carboxylic acids is 2. The molecule has 14 heteroatoms. The molecule has 9 N–H and O–H groups in total. The van der Waals surface area contributed by atoms with Gasteiger partial charge in [0, 0.05) is 17.7 Å². The number of nitrogens with zero attached hydrogens (tertiary/aromatic N) is 3. The number of aromatic amines is 1. The first-order valence-electron chi connectivity index (χ1n) is 18.5. The summed E-state index contributed by atoms with van der Waals surface area (Å²) in [5.41, 5.74) is 12.0. The van der Waals surface area contributed by atoms with Crippen molar-refractivity contribution in [3.63, 3.8) is 0 Å². The molecule has 0 aliphatic carbocycles. The molecule has 0 saturated heterocycles. The van der Waals surface area contributed by atoms with Crippen LogP contribution in [0.3, 0.4) is 0 Å². The summed E-state index contributed by atoms with van der Waals surface area (Å²) in [6.45, 7) is 3.39. The average Bonchev–Trinajstić information content (AvgIpc) is 3.11. The van der Waals surface area contributed by atoms with Crippen molar-refractivity contribution in [2.45, 2.75) is 135 Å². The van der Waals surface area contributed by atoms with Crippen LogP contribution in [-0.2, 0) is 16.1 Å². The van der Waals surface area contributed by atoms with Crippen LogP contribution < -0.4 is 27.7 Å². The number of rotatable bonds is 25. The van der Waals surface area contributed by atoms with Crippen LogP contribution in [0.1, 0.15) is 139 Å². The molecule has 0 spiro atoms. The SMILES string of the molecule is CCCCCCCCCCCCCCCCCCN.Nc1nc2ncc(CNc3ccc(C(=O)NC(CCC(=O)O)C(=O)O)cc3)nc2c(=O)[nH]1. The van der Waals surface area contributed by atoms with Gasteiger partial charge in [-0.15, -0.1) is 0 Å². The molecule has 3 rings (SSSR count). The molecule has 2 heterocycles. The van der Waals surface area contributed by atoms with Crippen molar-refractivity contribution in [3.05, 3.63) is 52.1 Å². The largest absolute Gasteiger partial charge is 0.481 e. The van der Waals surface area contributed by atoms with Gasteiger partial charge in [-0.2, -0.15) is 4.98 Å². The molecule has 1 amide bonds. The zero-order valence-electron chi connectivity index (χ0n) is 30.1. The van der Waals surface area contributed by atoms with E-state index in [1.807, 2.05) is 0 Å². The third kappa shape index (κ3) is 18.3. The first-order chi connectivity index (χ1) is 24.6. The monoisotopic (exact) mass is 710 g/mol. The summed E-state index contributed by atoms with van der Waals surface area (Å²) in [4.78, 5) is 60.6. The van der Waals surface area contributed by atoms with E-state index in [2.05, 4.69) is 37.5 Å². The lowest BCUT2D eigenvalue weighted by molar-refractivity contribution is -0.140. The van der Waals surface area contributed by atoms with Gasteiger partial charge < -0.3 is 32.3 Å². The number of unbranched alkanes of at least 4 members (excludes halogenated alkanes) is 15. The Morgan fingerprint density at radius 3 is 1.88 bits per heavy atom. The highest BCUT2D eigenvalue weighted by molar-refractivity contribution is 5.97. The van der Waals surface area contributed by atoms with E-state index in [9.17, 15) is 19.2 Å². The Hall–Kier alpha value is -4.59. The molecule has 1 atom stereocenters. The molecule has 51 heavy (non-hydrogen) atoms. The molecule has 1 aromatic carbocycles. The van der Waals surface area contributed by atoms with Gasteiger partial charge in [-0.05, 0) is 43.7 Å². The Morgan fingerprint density at radius 1 is 0.824 bits per heavy atom. The van der Waals surface area contributed by atoms with E-state index >= 15 is 0 Å². The molecule has 2 aromatic heterocycles. The summed E-state index contributed by atoms with van der Waals surface area (Å²) in [7, 11) is 0. The molecular weight excluding hydrogens is 652 g/mol. The molecule has 0 aliphatic heterocycles. The standard InChI is InChI=1S/C19H19N7O6.C18H39N/c20-19-25-15-14(17(30)26-19)23-11(8-22-15)7-21-10-3-1-9(2-4-10)16(29)24-12(18(31)32)5-6-13(27)28;1-2-3-4-5-6-7-8-9-10-11-12-13-14-15-16-17-18-19/h1-4,8,12,21H,5-7H2,(H,24,29)(H,27,28)(H,31,32)(H3,20,22,25,26,30);2-19H2,1H3. The summed E-state index contributed by atoms with van der Waals surface area (Å²) >= 11 is 0. The lowest BCUT2D eigenvalue weighted by Crippen LogP contribution is -2.41. The summed E-state index contributed by atoms with van der Waals surface area (Å²) in [6.07, 6.45) is 23.7. The summed E-state index contributed by atoms with van der Waals surface area (Å²) in [5, 5.41) is 23.2. The van der Waals surface area contributed by atoms with Gasteiger partial charge in [0.1, 0.15) is 6.04 Å². The predicted molar refractivity (Wildman–Crippen MR) is 200 cm³/mol. The normalized spacial score (nSPS) is 11.4. The number of benzene rings is 1. The molecular formula is C37H58N8O6. The number of nitrogen functional groups attached to an aromatic ring is 1. The minimum absolute atomic E-state index is 0.0524. The summed E-state index contributed by atoms with van der Waals surface area (Å²) in [6, 6.07) is 4.86. The fourth-order valence-electron chi connectivity index (χ4n) is 5.45. The zero-order valence-corrected chi connectivity index (χ0v) is 30.1. The molecule has 0 saturated carbocycles. The molecule has 0 radical (unpaired) electrons. The van der Waals surface area contributed by atoms with E-state index in [1.54, 1.807) is 12.1 Å². The van der Waals surface area contributed by atoms with Crippen LogP contribution in [0, 0.1) is 0 Å². The van der Waals surface area contributed by atoms with Gasteiger partial charge >= 0.3 is 11.9 Å². The van der Waals surface area contributed by atoms with E-state index in [-0.39, 0.29) is 42.1 Å². The molecule has 3 aromatic rings. The molecule has 282 valence electrons. The van der Waals surface area contributed by atoms with Gasteiger partial charge in [0.2, 0.25) is 5.95 Å². The van der Waals surface area contributed by atoms with Crippen LogP contribution in [0.5, 0.6) is 0 Å². The highest BCUT2D eigenvalue weighted by Gasteiger charge is 2.21. The Bertz CT molecular complexity index is 1500. The quantitative estimate of drug-likeness (QED) is 0.0489. The van der Waals surface area contributed by atoms with Crippen molar-refractivity contribution in [1.82, 2.24) is 25.3 Å². The third-order valence-electron chi connectivity index (χ3n) is 8.41. The van der Waals surface area contributed by atoms with Crippen molar-refractivity contribution < 1.29 is 24.6 Å². The number of carbonyl (C=O) groups excluding carboxylic acids is 1. The number of anilines is 2. The molecule has 0 fully saturated rings. The minimum atomic E-state index is -1.31. The number of aromatic nitrogens is 4. The molecule has 1 unspecified atom stereocenters. The number of H-pyrrole nitrogens is 1. The maximum atomic E-state index is 12.3. The van der Waals surface area contributed by atoms with Crippen molar-refractivity contribution in [1.29, 1.82) is 0 Å². The molecule has 0 bridgehead atoms. The number of amides is 1. The second-order valence-electron chi connectivity index (χ2n) is 12.8. The lowest BCUT2D eigenvalue weighted by atomic mass is 10.0. The Morgan fingerprint density at radius 2 is 1.37 bits per heavy atom. The Kier molecular flexibility index (Phi) is 21.2. The van der Waals surface area contributed by atoms with Gasteiger partial charge in [-0.1, -0.05) is 103 Å². The van der Waals surface area contributed by atoms with Crippen LogP contribution >= 0.6 is 0 Å². The number of hydrogen-bond acceptors (Lipinski definition) is 10. The van der Waals surface area contributed by atoms with E-state index in [1.165, 1.54) is 121 Å². The van der Waals surface area contributed by atoms with Gasteiger partial charge in [-0.25, -0.2) is 14.8 Å². The number of carbonyl (C=O) groups is 3. The second kappa shape index (κ2) is 25.4. The summed E-state index contributed by atoms with van der Waals surface area (Å²) in [5.74, 6) is -3.16. The van der Waals surface area contributed by atoms with Crippen LogP contribution in [0.25, 0.3) is 11.2 Å². The fraction of sp³-hybridized carbons (Fsp3) is 0.595. The van der Waals surface area contributed by atoms with Crippen molar-refractivity contribution in [2.24, 2.45) is 5.73 Å². The highest BCUT2D eigenvalue weighted by Crippen LogP contribution is 2.14. The average molecular weight is 711 g/mol. The fourth-order valence-corrected chi connectivity index (χ4v) is 5.45. The predicted octanol–water partition coefficient (Wildman–Crippen LogP) is 6.16. The smallest absolute Gasteiger partial charge is 0.326 e. The number of nitrogens with one attached hydrogen (secondary N) is 3. The van der Waals surface area contributed by atoms with Crippen LogP contribution in [0.2, 0.25) is 0 Å². The van der Waals surface area contributed by atoms with Gasteiger partial charge in [0.15, 0.2) is 11.2 Å². The Labute approximate surface area is 300 Å². The van der Waals surface area contributed by atoms with Crippen molar-refractivity contribution in [3.8, 4) is 0 Å². The number of nitrogens with two attached hydrogens (primary N) is 2. The van der Waals surface area contributed by atoms with Gasteiger partial charge in [0.05, 0.1) is 18.4 Å². The zero-order chi connectivity index (χ0) is 37.3. The number of aliphatic carboxylic acids is 2. The maximum absolute atomic E-state index is 12.3. The molecule has 14 nitrogen and oxygen atoms in total. The summed E-state index contributed by atoms with van der Waals surface area (Å²) < 4.78 is 0. The number of fused-ring (bicyclic) bond motifs is 1. The van der Waals surface area contributed by atoms with Crippen molar-refractivity contribution >= 4 is 40.6 Å². The minimum Gasteiger partial charge on any atom is -0.481 e. The second-order valence-corrected chi connectivity index (χ2v) is 12.8. The van der Waals surface area contributed by atoms with E-state index in [0.29, 0.717) is 11.4 Å². The van der Waals surface area contributed by atoms with E-state index in [4.69, 9.17) is 21.7 Å². The van der Waals surface area contributed by atoms with Crippen LogP contribution in [-0.4, -0.2) is 60.6 Å². The molecule has 0 aliphatic rings. The van der Waals surface area contributed by atoms with Crippen LogP contribution in [0.15, 0.2) is 35.3 Å². The maximum Gasteiger partial charge on any atom is 0.326 e. The number of carboxylic acid groups (broad SMARTS) is 2. The Balaban J connectivity index is 0.000000408. The lowest BCUT2D eigenvalue weighted by Gasteiger charge is -2.14. The van der Waals surface area contributed by atoms with E-state index in [0.717, 1.165) is 6.54 Å².